The van der Waals surface area contributed by atoms with E-state index in [-0.39, 0.29) is 30.9 Å². The Morgan fingerprint density at radius 1 is 1.30 bits per heavy atom. The number of hydrogen-bond acceptors (Lipinski definition) is 5. The Morgan fingerprint density at radius 2 is 2.04 bits per heavy atom. The summed E-state index contributed by atoms with van der Waals surface area (Å²) in [6.45, 7) is 6.37. The van der Waals surface area contributed by atoms with E-state index in [2.05, 4.69) is 10.6 Å². The largest absolute Gasteiger partial charge is 0.450 e. The number of nitrogens with one attached hydrogen (secondary N) is 2. The number of nitrogens with zero attached hydrogens (tertiary/aromatic N) is 1. The van der Waals surface area contributed by atoms with E-state index in [0.29, 0.717) is 24.7 Å². The molecule has 0 radical (unpaired) electrons. The van der Waals surface area contributed by atoms with E-state index in [1.165, 1.54) is 16.7 Å². The molecule has 7 nitrogen and oxygen atoms in total. The Labute approximate surface area is 164 Å². The molecular weight excluding hydrogens is 366 g/mol. The molecule has 0 fully saturated rings. The summed E-state index contributed by atoms with van der Waals surface area (Å²) in [5.74, 6) is 0.327. The van der Waals surface area contributed by atoms with Crippen LogP contribution in [0.5, 0.6) is 0 Å². The third kappa shape index (κ3) is 6.46. The summed E-state index contributed by atoms with van der Waals surface area (Å²) in [4.78, 5) is 38.8. The quantitative estimate of drug-likeness (QED) is 0.708. The lowest BCUT2D eigenvalue weighted by atomic mass is 10.0. The van der Waals surface area contributed by atoms with E-state index < -0.39 is 6.09 Å². The molecule has 2 N–H and O–H groups in total. The first kappa shape index (κ1) is 21.1. The number of carbonyl (C=O) groups is 3. The molecule has 0 bridgehead atoms. The zero-order chi connectivity index (χ0) is 19.8. The molecular formula is C19H27N3O4S. The number of alkyl carbamates (subject to hydrolysis) is 1. The minimum atomic E-state index is -0.491. The Bertz CT molecular complexity index is 681. The summed E-state index contributed by atoms with van der Waals surface area (Å²) in [6, 6.07) is 7.32. The highest BCUT2D eigenvalue weighted by atomic mass is 32.2. The highest BCUT2D eigenvalue weighted by Crippen LogP contribution is 2.34. The first-order valence-corrected chi connectivity index (χ1v) is 10.1. The topological polar surface area (TPSA) is 87.7 Å². The van der Waals surface area contributed by atoms with E-state index in [1.54, 1.807) is 6.92 Å². The molecule has 0 aromatic heterocycles. The second-order valence-corrected chi connectivity index (χ2v) is 7.75. The van der Waals surface area contributed by atoms with Crippen molar-refractivity contribution in [2.45, 2.75) is 38.1 Å². The van der Waals surface area contributed by atoms with Crippen LogP contribution in [0, 0.1) is 5.92 Å². The summed E-state index contributed by atoms with van der Waals surface area (Å²) in [5, 5.41) is 5.60. The van der Waals surface area contributed by atoms with Crippen molar-refractivity contribution >= 4 is 35.4 Å². The molecule has 0 saturated carbocycles. The van der Waals surface area contributed by atoms with Gasteiger partial charge < -0.3 is 20.3 Å². The molecule has 148 valence electrons. The number of thioether (sulfide) groups is 1. The Balaban J connectivity index is 1.93. The Kier molecular flexibility index (Phi) is 7.97. The highest BCUT2D eigenvalue weighted by Gasteiger charge is 2.26. The van der Waals surface area contributed by atoms with Crippen LogP contribution in [-0.2, 0) is 14.3 Å². The molecule has 3 amide bonds. The van der Waals surface area contributed by atoms with Crippen molar-refractivity contribution in [2.75, 3.05) is 30.3 Å². The van der Waals surface area contributed by atoms with Gasteiger partial charge in [0, 0.05) is 17.5 Å². The van der Waals surface area contributed by atoms with Gasteiger partial charge in [-0.05, 0) is 31.4 Å². The van der Waals surface area contributed by atoms with Gasteiger partial charge >= 0.3 is 6.09 Å². The first-order valence-electron chi connectivity index (χ1n) is 9.12. The van der Waals surface area contributed by atoms with E-state index in [4.69, 9.17) is 4.74 Å². The van der Waals surface area contributed by atoms with Gasteiger partial charge in [-0.25, -0.2) is 4.79 Å². The smallest absolute Gasteiger partial charge is 0.407 e. The molecule has 0 spiro atoms. The van der Waals surface area contributed by atoms with Gasteiger partial charge in [-0.1, -0.05) is 26.0 Å². The van der Waals surface area contributed by atoms with Crippen molar-refractivity contribution in [3.8, 4) is 0 Å². The van der Waals surface area contributed by atoms with Crippen molar-refractivity contribution in [3.05, 3.63) is 24.3 Å². The third-order valence-corrected chi connectivity index (χ3v) is 5.06. The maximum Gasteiger partial charge on any atom is 0.407 e. The number of carbonyl (C=O) groups excluding carboxylic acids is 3. The van der Waals surface area contributed by atoms with Gasteiger partial charge in [0.15, 0.2) is 0 Å². The summed E-state index contributed by atoms with van der Waals surface area (Å²) >= 11 is 1.48. The highest BCUT2D eigenvalue weighted by molar-refractivity contribution is 8.00. The number of hydrogen-bond donors (Lipinski definition) is 2. The van der Waals surface area contributed by atoms with Crippen LogP contribution in [0.4, 0.5) is 10.5 Å². The number of ether oxygens (including phenoxy) is 1. The number of amides is 3. The van der Waals surface area contributed by atoms with Crippen molar-refractivity contribution in [2.24, 2.45) is 5.92 Å². The predicted octanol–water partition coefficient (Wildman–Crippen LogP) is 2.40. The molecule has 27 heavy (non-hydrogen) atoms. The maximum absolute atomic E-state index is 12.4. The van der Waals surface area contributed by atoms with Gasteiger partial charge in [0.2, 0.25) is 11.8 Å². The minimum Gasteiger partial charge on any atom is -0.450 e. The molecule has 2 rings (SSSR count). The van der Waals surface area contributed by atoms with Crippen LogP contribution in [0.2, 0.25) is 0 Å². The van der Waals surface area contributed by atoms with Gasteiger partial charge in [0.1, 0.15) is 6.54 Å². The normalized spacial score (nSPS) is 14.5. The molecule has 8 heteroatoms. The van der Waals surface area contributed by atoms with Crippen LogP contribution in [0.15, 0.2) is 29.2 Å². The summed E-state index contributed by atoms with van der Waals surface area (Å²) in [7, 11) is 0. The van der Waals surface area contributed by atoms with Crippen molar-refractivity contribution in [3.63, 3.8) is 0 Å². The predicted molar refractivity (Wildman–Crippen MR) is 106 cm³/mol. The number of fused-ring (bicyclic) bond motifs is 1. The molecule has 1 aliphatic heterocycles. The number of rotatable bonds is 8. The molecule has 1 aromatic rings. The van der Waals surface area contributed by atoms with Gasteiger partial charge in [-0.15, -0.1) is 11.8 Å². The lowest BCUT2D eigenvalue weighted by Gasteiger charge is -2.28. The van der Waals surface area contributed by atoms with Crippen LogP contribution >= 0.6 is 11.8 Å². The average Bonchev–Trinajstić information content (AvgIpc) is 2.62. The maximum atomic E-state index is 12.4. The molecule has 1 unspecified atom stereocenters. The van der Waals surface area contributed by atoms with Crippen molar-refractivity contribution < 1.29 is 19.1 Å². The standard InChI is InChI=1S/C19H27N3O4S/c1-4-26-19(25)21-14(9-13(2)3)10-20-17(23)11-22-15-7-5-6-8-16(15)27-12-18(22)24/h5-8,13-14H,4,9-12H2,1-3H3,(H,20,23)(H,21,25). The second-order valence-electron chi connectivity index (χ2n) is 6.73. The molecule has 1 atom stereocenters. The second kappa shape index (κ2) is 10.2. The van der Waals surface area contributed by atoms with E-state index >= 15 is 0 Å². The lowest BCUT2D eigenvalue weighted by molar-refractivity contribution is -0.123. The van der Waals surface area contributed by atoms with Gasteiger partial charge in [-0.3, -0.25) is 9.59 Å². The summed E-state index contributed by atoms with van der Waals surface area (Å²) < 4.78 is 4.92. The molecule has 1 heterocycles. The fourth-order valence-corrected chi connectivity index (χ4v) is 3.80. The van der Waals surface area contributed by atoms with Crippen LogP contribution in [0.25, 0.3) is 0 Å². The molecule has 1 aliphatic rings. The van der Waals surface area contributed by atoms with Crippen molar-refractivity contribution in [1.29, 1.82) is 0 Å². The van der Waals surface area contributed by atoms with Crippen LogP contribution in [0.1, 0.15) is 27.2 Å². The summed E-state index contributed by atoms with van der Waals surface area (Å²) in [5.41, 5.74) is 0.761. The van der Waals surface area contributed by atoms with Gasteiger partial charge in [0.05, 0.1) is 18.0 Å². The third-order valence-electron chi connectivity index (χ3n) is 4.01. The molecule has 1 aromatic carbocycles. The Hall–Kier alpha value is -2.22. The minimum absolute atomic E-state index is 0.0375. The zero-order valence-electron chi connectivity index (χ0n) is 16.0. The Morgan fingerprint density at radius 3 is 2.74 bits per heavy atom. The SMILES string of the molecule is CCOC(=O)NC(CNC(=O)CN1C(=O)CSc2ccccc21)CC(C)C. The first-order chi connectivity index (χ1) is 12.9. The van der Waals surface area contributed by atoms with Crippen LogP contribution < -0.4 is 15.5 Å². The van der Waals surface area contributed by atoms with Crippen LogP contribution in [0.3, 0.4) is 0 Å². The fourth-order valence-electron chi connectivity index (χ4n) is 2.87. The molecule has 0 aliphatic carbocycles. The van der Waals surface area contributed by atoms with E-state index in [9.17, 15) is 14.4 Å². The monoisotopic (exact) mass is 393 g/mol. The molecule has 0 saturated heterocycles. The lowest BCUT2D eigenvalue weighted by Crippen LogP contribution is -2.48. The van der Waals surface area contributed by atoms with Crippen LogP contribution in [-0.4, -0.2) is 49.4 Å². The summed E-state index contributed by atoms with van der Waals surface area (Å²) in [6.07, 6.45) is 0.218. The number of benzene rings is 1. The van der Waals surface area contributed by atoms with E-state index in [1.807, 2.05) is 38.1 Å². The average molecular weight is 394 g/mol. The fraction of sp³-hybridized carbons (Fsp3) is 0.526. The number of para-hydroxylation sites is 1. The van der Waals surface area contributed by atoms with E-state index in [0.717, 1.165) is 10.6 Å². The van der Waals surface area contributed by atoms with Gasteiger partial charge in [0.25, 0.3) is 0 Å². The van der Waals surface area contributed by atoms with Crippen molar-refractivity contribution in [1.82, 2.24) is 10.6 Å². The van der Waals surface area contributed by atoms with Gasteiger partial charge in [-0.2, -0.15) is 0 Å². The number of anilines is 1. The zero-order valence-corrected chi connectivity index (χ0v) is 16.8.